The molecule has 0 saturated heterocycles. The van der Waals surface area contributed by atoms with Gasteiger partial charge in [-0.25, -0.2) is 9.37 Å². The third-order valence-electron chi connectivity index (χ3n) is 7.94. The van der Waals surface area contributed by atoms with Gasteiger partial charge < -0.3 is 14.5 Å². The fourth-order valence-corrected chi connectivity index (χ4v) is 13.4. The summed E-state index contributed by atoms with van der Waals surface area (Å²) in [5, 5.41) is 2.58. The van der Waals surface area contributed by atoms with Crippen molar-refractivity contribution >= 4 is 24.3 Å². The Morgan fingerprint density at radius 1 is 0.892 bits per heavy atom. The van der Waals surface area contributed by atoms with Gasteiger partial charge in [0.1, 0.15) is 18.1 Å². The molecule has 6 heteroatoms. The van der Waals surface area contributed by atoms with Crippen molar-refractivity contribution in [3.05, 3.63) is 83.4 Å². The quantitative estimate of drug-likeness (QED) is 0.218. The van der Waals surface area contributed by atoms with Gasteiger partial charge in [-0.1, -0.05) is 71.9 Å². The number of ether oxygens (including phenoxy) is 2. The Hall–Kier alpha value is -3.12. The van der Waals surface area contributed by atoms with Crippen molar-refractivity contribution in [1.29, 1.82) is 0 Å². The maximum atomic E-state index is 15.5. The number of aromatic nitrogens is 2. The van der Waals surface area contributed by atoms with E-state index < -0.39 is 8.07 Å². The number of benzene rings is 2. The van der Waals surface area contributed by atoms with Crippen molar-refractivity contribution in [3.8, 4) is 11.5 Å². The number of hydrogen-bond acceptors (Lipinski definition) is 3. The SMILES string of the molecule is COc1cc(Cc2c[nH]c3nccc([Si](C(C)C)(C(C)C)C(C)C)c23)c(F)cc1OCc1ccccc1. The lowest BCUT2D eigenvalue weighted by molar-refractivity contribution is 0.282. The van der Waals surface area contributed by atoms with Gasteiger partial charge in [0.15, 0.2) is 11.5 Å². The number of nitrogens with one attached hydrogen (secondary N) is 1. The molecule has 0 atom stereocenters. The van der Waals surface area contributed by atoms with Crippen LogP contribution in [0.4, 0.5) is 4.39 Å². The van der Waals surface area contributed by atoms with Gasteiger partial charge in [-0.05, 0) is 50.6 Å². The van der Waals surface area contributed by atoms with Crippen LogP contribution in [0, 0.1) is 5.82 Å². The predicted molar refractivity (Wildman–Crippen MR) is 153 cm³/mol. The van der Waals surface area contributed by atoms with Crippen molar-refractivity contribution in [3.63, 3.8) is 0 Å². The van der Waals surface area contributed by atoms with Crippen LogP contribution in [0.5, 0.6) is 11.5 Å². The number of pyridine rings is 1. The Balaban J connectivity index is 1.74. The number of halogens is 1. The van der Waals surface area contributed by atoms with E-state index in [1.54, 1.807) is 13.2 Å². The minimum Gasteiger partial charge on any atom is -0.493 e. The molecule has 0 aliphatic rings. The zero-order chi connectivity index (χ0) is 26.7. The summed E-state index contributed by atoms with van der Waals surface area (Å²) in [5.41, 5.74) is 5.19. The van der Waals surface area contributed by atoms with Gasteiger partial charge in [0.05, 0.1) is 15.2 Å². The highest BCUT2D eigenvalue weighted by Crippen LogP contribution is 2.42. The summed E-state index contributed by atoms with van der Waals surface area (Å²) in [5.74, 6) is 0.629. The molecule has 0 amide bonds. The summed E-state index contributed by atoms with van der Waals surface area (Å²) < 4.78 is 27.0. The maximum Gasteiger partial charge on any atom is 0.164 e. The Labute approximate surface area is 221 Å². The summed E-state index contributed by atoms with van der Waals surface area (Å²) in [6, 6.07) is 15.3. The summed E-state index contributed by atoms with van der Waals surface area (Å²) in [6.07, 6.45) is 4.36. The van der Waals surface area contributed by atoms with Crippen molar-refractivity contribution < 1.29 is 13.9 Å². The predicted octanol–water partition coefficient (Wildman–Crippen LogP) is 7.77. The summed E-state index contributed by atoms with van der Waals surface area (Å²) in [4.78, 5) is 8.02. The van der Waals surface area contributed by atoms with Crippen LogP contribution in [-0.2, 0) is 13.0 Å². The van der Waals surface area contributed by atoms with Crippen LogP contribution in [0.1, 0.15) is 58.2 Å². The van der Waals surface area contributed by atoms with E-state index in [1.165, 1.54) is 11.3 Å². The molecule has 0 bridgehead atoms. The third kappa shape index (κ3) is 5.04. The number of aromatic amines is 1. The van der Waals surface area contributed by atoms with Gasteiger partial charge in [-0.2, -0.15) is 0 Å². The molecular formula is C31H39FN2O2Si. The van der Waals surface area contributed by atoms with Gasteiger partial charge in [-0.15, -0.1) is 0 Å². The molecule has 1 N–H and O–H groups in total. The highest BCUT2D eigenvalue weighted by molar-refractivity contribution is 6.96. The first-order chi connectivity index (χ1) is 17.7. The molecule has 4 nitrogen and oxygen atoms in total. The highest BCUT2D eigenvalue weighted by atomic mass is 28.3. The summed E-state index contributed by atoms with van der Waals surface area (Å²) in [6.45, 7) is 14.5. The molecule has 0 aliphatic heterocycles. The van der Waals surface area contributed by atoms with Crippen LogP contribution in [0.15, 0.2) is 60.9 Å². The number of fused-ring (bicyclic) bond motifs is 1. The van der Waals surface area contributed by atoms with Gasteiger partial charge in [0, 0.05) is 30.3 Å². The zero-order valence-corrected chi connectivity index (χ0v) is 24.1. The third-order valence-corrected chi connectivity index (χ3v) is 15.0. The second-order valence-electron chi connectivity index (χ2n) is 10.8. The van der Waals surface area contributed by atoms with E-state index in [-0.39, 0.29) is 5.82 Å². The second-order valence-corrected chi connectivity index (χ2v) is 16.7. The van der Waals surface area contributed by atoms with Gasteiger partial charge in [0.25, 0.3) is 0 Å². The number of rotatable bonds is 10. The topological polar surface area (TPSA) is 47.1 Å². The largest absolute Gasteiger partial charge is 0.493 e. The van der Waals surface area contributed by atoms with E-state index in [0.717, 1.165) is 22.2 Å². The van der Waals surface area contributed by atoms with Gasteiger partial charge in [-0.3, -0.25) is 0 Å². The lowest BCUT2D eigenvalue weighted by atomic mass is 10.0. The van der Waals surface area contributed by atoms with Crippen molar-refractivity contribution in [2.45, 2.75) is 71.2 Å². The Bertz CT molecular complexity index is 1330. The Kier molecular flexibility index (Phi) is 8.07. The summed E-state index contributed by atoms with van der Waals surface area (Å²) >= 11 is 0. The van der Waals surface area contributed by atoms with Crippen molar-refractivity contribution in [1.82, 2.24) is 9.97 Å². The first kappa shape index (κ1) is 26.9. The first-order valence-corrected chi connectivity index (χ1v) is 15.4. The molecule has 0 aliphatic carbocycles. The van der Waals surface area contributed by atoms with E-state index in [0.29, 0.717) is 46.7 Å². The Morgan fingerprint density at radius 3 is 2.19 bits per heavy atom. The maximum absolute atomic E-state index is 15.5. The molecule has 0 unspecified atom stereocenters. The van der Waals surface area contributed by atoms with E-state index in [1.807, 2.05) is 42.7 Å². The van der Waals surface area contributed by atoms with Crippen molar-refractivity contribution in [2.75, 3.05) is 7.11 Å². The highest BCUT2D eigenvalue weighted by Gasteiger charge is 2.45. The van der Waals surface area contributed by atoms with Crippen LogP contribution >= 0.6 is 0 Å². The molecule has 2 heterocycles. The van der Waals surface area contributed by atoms with Crippen LogP contribution in [-0.4, -0.2) is 25.2 Å². The number of methoxy groups -OCH3 is 1. The number of hydrogen-bond donors (Lipinski definition) is 1. The Morgan fingerprint density at radius 2 is 1.57 bits per heavy atom. The fourth-order valence-electron chi connectivity index (χ4n) is 6.48. The summed E-state index contributed by atoms with van der Waals surface area (Å²) in [7, 11) is -0.371. The number of H-pyrrole nitrogens is 1. The van der Waals surface area contributed by atoms with Crippen LogP contribution in [0.2, 0.25) is 16.6 Å². The smallest absolute Gasteiger partial charge is 0.164 e. The minimum atomic E-state index is -1.96. The fraction of sp³-hybridized carbons (Fsp3) is 0.387. The lowest BCUT2D eigenvalue weighted by Gasteiger charge is -2.44. The average molecular weight is 519 g/mol. The van der Waals surface area contributed by atoms with Crippen molar-refractivity contribution in [2.24, 2.45) is 0 Å². The molecule has 4 rings (SSSR count). The monoisotopic (exact) mass is 518 g/mol. The second kappa shape index (κ2) is 11.1. The standard InChI is InChI=1S/C31H39FN2O2Si/c1-20(2)37(21(3)4,22(5)6)29-13-14-33-31-30(29)25(18-34-31)15-24-16-27(35-7)28(17-26(24)32)36-19-23-11-9-8-10-12-23/h8-14,16-18,20-22H,15,19H2,1-7H3,(H,33,34). The zero-order valence-electron chi connectivity index (χ0n) is 23.1. The molecule has 2 aromatic carbocycles. The van der Waals surface area contributed by atoms with Crippen LogP contribution < -0.4 is 14.7 Å². The van der Waals surface area contributed by atoms with Crippen LogP contribution in [0.25, 0.3) is 11.0 Å². The molecule has 4 aromatic rings. The van der Waals surface area contributed by atoms with E-state index in [9.17, 15) is 0 Å². The molecule has 196 valence electrons. The lowest BCUT2D eigenvalue weighted by Crippen LogP contribution is -2.56. The molecule has 0 spiro atoms. The molecule has 0 saturated carbocycles. The van der Waals surface area contributed by atoms with E-state index >= 15 is 4.39 Å². The minimum absolute atomic E-state index is 0.302. The normalized spacial score (nSPS) is 12.2. The van der Waals surface area contributed by atoms with Crippen LogP contribution in [0.3, 0.4) is 0 Å². The molecule has 0 radical (unpaired) electrons. The van der Waals surface area contributed by atoms with E-state index in [4.69, 9.17) is 9.47 Å². The molecule has 0 fully saturated rings. The van der Waals surface area contributed by atoms with Gasteiger partial charge >= 0.3 is 0 Å². The molecule has 37 heavy (non-hydrogen) atoms. The van der Waals surface area contributed by atoms with Gasteiger partial charge in [0.2, 0.25) is 0 Å². The molecule has 2 aromatic heterocycles. The average Bonchev–Trinajstić information content (AvgIpc) is 3.28. The first-order valence-electron chi connectivity index (χ1n) is 13.2. The van der Waals surface area contributed by atoms with E-state index in [2.05, 4.69) is 57.6 Å². The molecular weight excluding hydrogens is 479 g/mol. The number of nitrogens with zero attached hydrogens (tertiary/aromatic N) is 1.